The van der Waals surface area contributed by atoms with E-state index in [-0.39, 0.29) is 0 Å². The number of carbonyl (C=O) groups is 4. The van der Waals surface area contributed by atoms with E-state index < -0.39 is 47.0 Å². The molecule has 24 heavy (non-hydrogen) atoms. The van der Waals surface area contributed by atoms with E-state index in [2.05, 4.69) is 5.32 Å². The number of benzene rings is 1. The third-order valence-corrected chi connectivity index (χ3v) is 4.97. The molecule has 1 aromatic rings. The first-order chi connectivity index (χ1) is 11.5. The minimum atomic E-state index is -1.62. The molecule has 122 valence electrons. The Bertz CT molecular complexity index is 802. The van der Waals surface area contributed by atoms with Gasteiger partial charge in [-0.1, -0.05) is 30.4 Å². The summed E-state index contributed by atoms with van der Waals surface area (Å²) < 4.78 is 4.80. The molecule has 0 saturated carbocycles. The van der Waals surface area contributed by atoms with Crippen molar-refractivity contribution in [2.45, 2.75) is 5.54 Å². The zero-order valence-electron chi connectivity index (χ0n) is 12.8. The molecule has 4 aliphatic rings. The zero-order chi connectivity index (χ0) is 17.1. The minimum Gasteiger partial charge on any atom is -0.467 e. The summed E-state index contributed by atoms with van der Waals surface area (Å²) in [4.78, 5) is 51.6. The number of anilines is 1. The van der Waals surface area contributed by atoms with Crippen LogP contribution in [0.15, 0.2) is 42.5 Å². The number of ether oxygens (including phenoxy) is 1. The van der Waals surface area contributed by atoms with Crippen LogP contribution in [0, 0.1) is 17.8 Å². The lowest BCUT2D eigenvalue weighted by Gasteiger charge is -2.45. The van der Waals surface area contributed by atoms with Gasteiger partial charge in [-0.25, -0.2) is 9.69 Å². The van der Waals surface area contributed by atoms with E-state index in [4.69, 9.17) is 4.74 Å². The number of amides is 3. The monoisotopic (exact) mass is 326 g/mol. The lowest BCUT2D eigenvalue weighted by Crippen LogP contribution is -2.69. The molecule has 2 fully saturated rings. The number of nitrogens with zero attached hydrogens (tertiary/aromatic N) is 1. The standard InChI is InChI=1S/C17H14N2O5/c1-24-16(23)17-8-7-10(13(20)18-17)11-12(17)15(22)19(14(11)21)9-5-3-2-4-6-9/h2-8,10-12H,1H3,(H,18,20)/t10-,11-,12+,17+/m1/s1. The second-order valence-electron chi connectivity index (χ2n) is 6.09. The third-order valence-electron chi connectivity index (χ3n) is 4.97. The highest BCUT2D eigenvalue weighted by molar-refractivity contribution is 6.26. The molecule has 2 bridgehead atoms. The Hall–Kier alpha value is -2.96. The average Bonchev–Trinajstić information content (AvgIpc) is 2.88. The number of carbonyl (C=O) groups excluding carboxylic acids is 4. The summed E-state index contributed by atoms with van der Waals surface area (Å²) in [5, 5.41) is 2.57. The summed E-state index contributed by atoms with van der Waals surface area (Å²) in [5.41, 5.74) is -1.20. The van der Waals surface area contributed by atoms with Gasteiger partial charge in [-0.2, -0.15) is 0 Å². The Morgan fingerprint density at radius 1 is 1.17 bits per heavy atom. The Balaban J connectivity index is 1.86. The van der Waals surface area contributed by atoms with Gasteiger partial charge in [-0.05, 0) is 12.1 Å². The van der Waals surface area contributed by atoms with Crippen LogP contribution in [-0.2, 0) is 23.9 Å². The van der Waals surface area contributed by atoms with Crippen LogP contribution in [0.5, 0.6) is 0 Å². The van der Waals surface area contributed by atoms with E-state index in [1.54, 1.807) is 30.3 Å². The Labute approximate surface area is 137 Å². The SMILES string of the molecule is COC(=O)[C@@]12C=C[C@@H](C(=O)N1)[C@H]1C(=O)N(c3ccccc3)C(=O)[C@H]12. The molecular formula is C17H14N2O5. The molecule has 5 rings (SSSR count). The Morgan fingerprint density at radius 2 is 1.88 bits per heavy atom. The second-order valence-corrected chi connectivity index (χ2v) is 6.09. The summed E-state index contributed by atoms with van der Waals surface area (Å²) in [6, 6.07) is 8.48. The largest absolute Gasteiger partial charge is 0.467 e. The lowest BCUT2D eigenvalue weighted by atomic mass is 9.63. The molecule has 1 aliphatic carbocycles. The smallest absolute Gasteiger partial charge is 0.336 e. The van der Waals surface area contributed by atoms with Crippen molar-refractivity contribution in [2.24, 2.45) is 17.8 Å². The number of piperidine rings is 1. The highest BCUT2D eigenvalue weighted by Gasteiger charge is 2.68. The van der Waals surface area contributed by atoms with Crippen molar-refractivity contribution in [3.8, 4) is 0 Å². The molecule has 0 spiro atoms. The van der Waals surface area contributed by atoms with Crippen molar-refractivity contribution < 1.29 is 23.9 Å². The maximum Gasteiger partial charge on any atom is 0.336 e. The topological polar surface area (TPSA) is 92.8 Å². The molecule has 3 heterocycles. The summed E-state index contributed by atoms with van der Waals surface area (Å²) >= 11 is 0. The van der Waals surface area contributed by atoms with Crippen molar-refractivity contribution in [1.29, 1.82) is 0 Å². The number of fused-ring (bicyclic) bond motifs is 1. The van der Waals surface area contributed by atoms with Crippen molar-refractivity contribution in [3.63, 3.8) is 0 Å². The van der Waals surface area contributed by atoms with E-state index in [0.29, 0.717) is 5.69 Å². The average molecular weight is 326 g/mol. The zero-order valence-corrected chi connectivity index (χ0v) is 12.8. The highest BCUT2D eigenvalue weighted by Crippen LogP contribution is 2.48. The summed E-state index contributed by atoms with van der Waals surface area (Å²) in [6.45, 7) is 0. The summed E-state index contributed by atoms with van der Waals surface area (Å²) in [7, 11) is 1.18. The molecular weight excluding hydrogens is 312 g/mol. The molecule has 0 radical (unpaired) electrons. The van der Waals surface area contributed by atoms with Crippen molar-refractivity contribution in [2.75, 3.05) is 12.0 Å². The number of esters is 1. The summed E-state index contributed by atoms with van der Waals surface area (Å²) in [6.07, 6.45) is 3.00. The summed E-state index contributed by atoms with van der Waals surface area (Å²) in [5.74, 6) is -4.81. The van der Waals surface area contributed by atoms with Gasteiger partial charge in [0.15, 0.2) is 5.54 Å². The van der Waals surface area contributed by atoms with Gasteiger partial charge < -0.3 is 10.1 Å². The fourth-order valence-corrected chi connectivity index (χ4v) is 3.91. The van der Waals surface area contributed by atoms with Gasteiger partial charge in [0.25, 0.3) is 0 Å². The van der Waals surface area contributed by atoms with Crippen LogP contribution >= 0.6 is 0 Å². The van der Waals surface area contributed by atoms with Gasteiger partial charge in [-0.15, -0.1) is 0 Å². The normalized spacial score (nSPS) is 33.5. The van der Waals surface area contributed by atoms with E-state index in [1.807, 2.05) is 0 Å². The molecule has 1 aromatic carbocycles. The van der Waals surface area contributed by atoms with E-state index in [0.717, 1.165) is 4.90 Å². The second kappa shape index (κ2) is 4.77. The number of hydrogen-bond acceptors (Lipinski definition) is 5. The van der Waals surface area contributed by atoms with Gasteiger partial charge in [0.2, 0.25) is 17.7 Å². The van der Waals surface area contributed by atoms with E-state index in [1.165, 1.54) is 19.3 Å². The predicted octanol–water partition coefficient (Wildman–Crippen LogP) is 0.0198. The van der Waals surface area contributed by atoms with Gasteiger partial charge in [0.05, 0.1) is 30.6 Å². The van der Waals surface area contributed by atoms with Gasteiger partial charge >= 0.3 is 5.97 Å². The molecule has 2 saturated heterocycles. The van der Waals surface area contributed by atoms with Crippen LogP contribution in [0.4, 0.5) is 5.69 Å². The molecule has 1 N–H and O–H groups in total. The maximum atomic E-state index is 13.0. The van der Waals surface area contributed by atoms with E-state index in [9.17, 15) is 19.2 Å². The molecule has 3 aliphatic heterocycles. The lowest BCUT2D eigenvalue weighted by molar-refractivity contribution is -0.160. The minimum absolute atomic E-state index is 0.425. The van der Waals surface area contributed by atoms with Crippen LogP contribution in [0.2, 0.25) is 0 Å². The number of hydrogen-bond donors (Lipinski definition) is 1. The van der Waals surface area contributed by atoms with Crippen LogP contribution in [-0.4, -0.2) is 36.3 Å². The first kappa shape index (κ1) is 14.6. The van der Waals surface area contributed by atoms with Gasteiger partial charge in [0.1, 0.15) is 0 Å². The number of methoxy groups -OCH3 is 1. The van der Waals surface area contributed by atoms with Crippen LogP contribution < -0.4 is 10.2 Å². The first-order valence-corrected chi connectivity index (χ1v) is 7.54. The van der Waals surface area contributed by atoms with Gasteiger partial charge in [-0.3, -0.25) is 14.4 Å². The molecule has 4 atom stereocenters. The van der Waals surface area contributed by atoms with E-state index >= 15 is 0 Å². The Morgan fingerprint density at radius 3 is 2.50 bits per heavy atom. The molecule has 7 nitrogen and oxygen atoms in total. The Kier molecular flexibility index (Phi) is 2.90. The van der Waals surface area contributed by atoms with Crippen molar-refractivity contribution >= 4 is 29.4 Å². The number of rotatable bonds is 2. The van der Waals surface area contributed by atoms with Gasteiger partial charge in [0, 0.05) is 0 Å². The maximum absolute atomic E-state index is 13.0. The molecule has 0 unspecified atom stereocenters. The highest BCUT2D eigenvalue weighted by atomic mass is 16.5. The third kappa shape index (κ3) is 1.61. The number of imide groups is 1. The fourth-order valence-electron chi connectivity index (χ4n) is 3.91. The van der Waals surface area contributed by atoms with Crippen molar-refractivity contribution in [1.82, 2.24) is 5.32 Å². The molecule has 3 amide bonds. The molecule has 0 aromatic heterocycles. The van der Waals surface area contributed by atoms with Crippen LogP contribution in [0.1, 0.15) is 0 Å². The number of nitrogens with one attached hydrogen (secondary N) is 1. The quantitative estimate of drug-likeness (QED) is 0.470. The number of para-hydroxylation sites is 1. The van der Waals surface area contributed by atoms with Crippen LogP contribution in [0.3, 0.4) is 0 Å². The van der Waals surface area contributed by atoms with Crippen LogP contribution in [0.25, 0.3) is 0 Å². The first-order valence-electron chi connectivity index (χ1n) is 7.54. The molecule has 7 heteroatoms. The fraction of sp³-hybridized carbons (Fsp3) is 0.294. The predicted molar refractivity (Wildman–Crippen MR) is 81.4 cm³/mol. The van der Waals surface area contributed by atoms with Crippen molar-refractivity contribution in [3.05, 3.63) is 42.5 Å².